The molecule has 2 saturated carbocycles. The average Bonchev–Trinajstić information content (AvgIpc) is 3.14. The lowest BCUT2D eigenvalue weighted by atomic mass is 9.68. The predicted octanol–water partition coefficient (Wildman–Crippen LogP) is 2.40. The maximum absolute atomic E-state index is 12.7. The third kappa shape index (κ3) is 2.29. The fourth-order valence-corrected chi connectivity index (χ4v) is 4.54. The Morgan fingerprint density at radius 2 is 2.43 bits per heavy atom. The molecule has 1 aromatic heterocycles. The SMILES string of the molecule is C=C1C(C)(C)[C@H]2CC[C@]1(C(=O)NCCSc1cn[nH]n1)C2. The number of fused-ring (bicyclic) bond motifs is 2. The van der Waals surface area contributed by atoms with Gasteiger partial charge in [-0.1, -0.05) is 26.0 Å². The van der Waals surface area contributed by atoms with Gasteiger partial charge < -0.3 is 5.32 Å². The minimum atomic E-state index is -0.313. The normalized spacial score (nSPS) is 29.8. The molecule has 2 N–H and O–H groups in total. The molecule has 0 spiro atoms. The van der Waals surface area contributed by atoms with E-state index in [0.717, 1.165) is 35.6 Å². The zero-order valence-corrected chi connectivity index (χ0v) is 13.4. The molecule has 3 rings (SSSR count). The summed E-state index contributed by atoms with van der Waals surface area (Å²) in [6.07, 6.45) is 4.77. The van der Waals surface area contributed by atoms with Gasteiger partial charge >= 0.3 is 0 Å². The number of aromatic nitrogens is 3. The smallest absolute Gasteiger partial charge is 0.230 e. The minimum Gasteiger partial charge on any atom is -0.354 e. The summed E-state index contributed by atoms with van der Waals surface area (Å²) >= 11 is 1.59. The molecule has 21 heavy (non-hydrogen) atoms. The first-order valence-electron chi connectivity index (χ1n) is 7.43. The maximum atomic E-state index is 12.7. The van der Waals surface area contributed by atoms with Crippen molar-refractivity contribution in [2.75, 3.05) is 12.3 Å². The predicted molar refractivity (Wildman–Crippen MR) is 82.8 cm³/mol. The second-order valence-corrected chi connectivity index (χ2v) is 7.75. The average molecular weight is 306 g/mol. The fraction of sp³-hybridized carbons (Fsp3) is 0.667. The number of rotatable bonds is 5. The Balaban J connectivity index is 1.55. The summed E-state index contributed by atoms with van der Waals surface area (Å²) in [4.78, 5) is 12.7. The van der Waals surface area contributed by atoms with E-state index in [9.17, 15) is 4.79 Å². The Labute approximate surface area is 129 Å². The Bertz CT molecular complexity index is 554. The largest absolute Gasteiger partial charge is 0.354 e. The van der Waals surface area contributed by atoms with Crippen LogP contribution in [0.25, 0.3) is 0 Å². The molecule has 1 heterocycles. The van der Waals surface area contributed by atoms with Gasteiger partial charge in [0.25, 0.3) is 0 Å². The summed E-state index contributed by atoms with van der Waals surface area (Å²) < 4.78 is 0. The van der Waals surface area contributed by atoms with Gasteiger partial charge in [0.05, 0.1) is 11.6 Å². The molecule has 0 unspecified atom stereocenters. The van der Waals surface area contributed by atoms with Crippen LogP contribution in [0, 0.1) is 16.7 Å². The molecule has 114 valence electrons. The van der Waals surface area contributed by atoms with Gasteiger partial charge in [0, 0.05) is 12.3 Å². The van der Waals surface area contributed by atoms with Gasteiger partial charge in [-0.25, -0.2) is 0 Å². The van der Waals surface area contributed by atoms with Crippen molar-refractivity contribution in [3.63, 3.8) is 0 Å². The molecule has 0 aliphatic heterocycles. The van der Waals surface area contributed by atoms with E-state index in [0.29, 0.717) is 12.5 Å². The molecule has 2 aliphatic rings. The molecule has 5 nitrogen and oxygen atoms in total. The second kappa shape index (κ2) is 5.16. The molecule has 0 radical (unpaired) electrons. The molecular formula is C15H22N4OS. The fourth-order valence-electron chi connectivity index (χ4n) is 3.89. The van der Waals surface area contributed by atoms with Crippen molar-refractivity contribution >= 4 is 17.7 Å². The Morgan fingerprint density at radius 3 is 3.05 bits per heavy atom. The van der Waals surface area contributed by atoms with Crippen molar-refractivity contribution in [3.8, 4) is 0 Å². The van der Waals surface area contributed by atoms with E-state index in [1.807, 2.05) is 0 Å². The van der Waals surface area contributed by atoms with Gasteiger partial charge in [-0.3, -0.25) is 4.79 Å². The summed E-state index contributed by atoms with van der Waals surface area (Å²) in [6, 6.07) is 0. The van der Waals surface area contributed by atoms with E-state index in [-0.39, 0.29) is 16.7 Å². The van der Waals surface area contributed by atoms with Crippen LogP contribution in [0.15, 0.2) is 23.4 Å². The van der Waals surface area contributed by atoms with E-state index < -0.39 is 0 Å². The lowest BCUT2D eigenvalue weighted by Crippen LogP contribution is -2.42. The molecule has 2 bridgehead atoms. The van der Waals surface area contributed by atoms with Gasteiger partial charge in [-0.2, -0.15) is 10.3 Å². The minimum absolute atomic E-state index is 0.102. The zero-order chi connectivity index (χ0) is 15.1. The number of nitrogens with one attached hydrogen (secondary N) is 2. The molecule has 2 atom stereocenters. The standard InChI is InChI=1S/C15H22N4OS/c1-10-14(2,3)11-4-5-15(10,8-11)13(20)16-6-7-21-12-9-17-19-18-12/h9,11H,1,4-8H2,2-3H3,(H,16,20)(H,17,18,19)/t11-,15-/m0/s1. The monoisotopic (exact) mass is 306 g/mol. The van der Waals surface area contributed by atoms with Crippen molar-refractivity contribution in [3.05, 3.63) is 18.3 Å². The van der Waals surface area contributed by atoms with E-state index in [1.165, 1.54) is 0 Å². The van der Waals surface area contributed by atoms with Crippen molar-refractivity contribution in [1.82, 2.24) is 20.7 Å². The van der Waals surface area contributed by atoms with Gasteiger partial charge in [-0.15, -0.1) is 16.9 Å². The Hall–Kier alpha value is -1.30. The van der Waals surface area contributed by atoms with Gasteiger partial charge in [-0.05, 0) is 30.6 Å². The number of thioether (sulfide) groups is 1. The summed E-state index contributed by atoms with van der Waals surface area (Å²) in [7, 11) is 0. The second-order valence-electron chi connectivity index (χ2n) is 6.63. The first-order chi connectivity index (χ1) is 9.97. The number of carbonyl (C=O) groups excluding carboxylic acids is 1. The van der Waals surface area contributed by atoms with Crippen LogP contribution in [-0.2, 0) is 4.79 Å². The first-order valence-corrected chi connectivity index (χ1v) is 8.42. The lowest BCUT2D eigenvalue weighted by Gasteiger charge is -2.37. The molecule has 6 heteroatoms. The van der Waals surface area contributed by atoms with Gasteiger partial charge in [0.1, 0.15) is 5.03 Å². The number of H-pyrrole nitrogens is 1. The molecule has 0 aromatic carbocycles. The third-order valence-corrected chi connectivity index (χ3v) is 6.26. The number of nitrogens with zero attached hydrogens (tertiary/aromatic N) is 2. The van der Waals surface area contributed by atoms with Crippen LogP contribution >= 0.6 is 11.8 Å². The highest BCUT2D eigenvalue weighted by molar-refractivity contribution is 7.99. The number of hydrogen-bond donors (Lipinski definition) is 2. The zero-order valence-electron chi connectivity index (χ0n) is 12.6. The molecule has 1 amide bonds. The van der Waals surface area contributed by atoms with Crippen LogP contribution in [0.5, 0.6) is 0 Å². The summed E-state index contributed by atoms with van der Waals surface area (Å²) in [5.74, 6) is 1.58. The molecule has 2 aliphatic carbocycles. The lowest BCUT2D eigenvalue weighted by molar-refractivity contribution is -0.128. The maximum Gasteiger partial charge on any atom is 0.230 e. The number of carbonyl (C=O) groups is 1. The number of amides is 1. The van der Waals surface area contributed by atoms with Crippen LogP contribution < -0.4 is 5.32 Å². The third-order valence-electron chi connectivity index (χ3n) is 5.36. The van der Waals surface area contributed by atoms with Crippen LogP contribution in [-0.4, -0.2) is 33.6 Å². The quantitative estimate of drug-likeness (QED) is 0.498. The van der Waals surface area contributed by atoms with Crippen LogP contribution in [0.3, 0.4) is 0 Å². The van der Waals surface area contributed by atoms with E-state index in [4.69, 9.17) is 0 Å². The summed E-state index contributed by atoms with van der Waals surface area (Å²) in [6.45, 7) is 9.37. The van der Waals surface area contributed by atoms with Gasteiger partial charge in [0.2, 0.25) is 5.91 Å². The number of hydrogen-bond acceptors (Lipinski definition) is 4. The van der Waals surface area contributed by atoms with Crippen LogP contribution in [0.4, 0.5) is 0 Å². The van der Waals surface area contributed by atoms with Crippen molar-refractivity contribution in [1.29, 1.82) is 0 Å². The Kier molecular flexibility index (Phi) is 3.59. The number of aromatic amines is 1. The van der Waals surface area contributed by atoms with E-state index >= 15 is 0 Å². The highest BCUT2D eigenvalue weighted by Gasteiger charge is 2.60. The van der Waals surface area contributed by atoms with E-state index in [2.05, 4.69) is 41.2 Å². The summed E-state index contributed by atoms with van der Waals surface area (Å²) in [5.41, 5.74) is 0.922. The van der Waals surface area contributed by atoms with Crippen molar-refractivity contribution < 1.29 is 4.79 Å². The van der Waals surface area contributed by atoms with Crippen molar-refractivity contribution in [2.45, 2.75) is 38.1 Å². The molecule has 2 fully saturated rings. The van der Waals surface area contributed by atoms with Gasteiger partial charge in [0.15, 0.2) is 0 Å². The summed E-state index contributed by atoms with van der Waals surface area (Å²) in [5, 5.41) is 14.3. The highest BCUT2D eigenvalue weighted by atomic mass is 32.2. The van der Waals surface area contributed by atoms with Crippen molar-refractivity contribution in [2.24, 2.45) is 16.7 Å². The van der Waals surface area contributed by atoms with Crippen LogP contribution in [0.2, 0.25) is 0 Å². The topological polar surface area (TPSA) is 70.7 Å². The molecule has 1 aromatic rings. The Morgan fingerprint density at radius 1 is 1.62 bits per heavy atom. The highest BCUT2D eigenvalue weighted by Crippen LogP contribution is 2.65. The molecule has 0 saturated heterocycles. The first kappa shape index (κ1) is 14.6. The molecular weight excluding hydrogens is 284 g/mol. The van der Waals surface area contributed by atoms with Crippen LogP contribution in [0.1, 0.15) is 33.1 Å². The van der Waals surface area contributed by atoms with E-state index in [1.54, 1.807) is 18.0 Å².